The highest BCUT2D eigenvalue weighted by atomic mass is 79.9. The lowest BCUT2D eigenvalue weighted by atomic mass is 10.0. The maximum absolute atomic E-state index is 5.65. The minimum Gasteiger partial charge on any atom is -0.491 e. The van der Waals surface area contributed by atoms with Crippen LogP contribution >= 0.6 is 31.9 Å². The Hall–Kier alpha value is -0.800. The maximum Gasteiger partial charge on any atom is 0.119 e. The number of benzene rings is 2. The van der Waals surface area contributed by atoms with Crippen molar-refractivity contribution in [3.05, 3.63) is 64.1 Å². The zero-order valence-corrected chi connectivity index (χ0v) is 14.1. The third kappa shape index (κ3) is 4.08. The Labute approximate surface area is 131 Å². The molecule has 0 aliphatic heterocycles. The molecule has 2 aromatic carbocycles. The zero-order chi connectivity index (χ0) is 13.8. The van der Waals surface area contributed by atoms with Crippen molar-refractivity contribution in [2.75, 3.05) is 0 Å². The number of rotatable bonds is 4. The Kier molecular flexibility index (Phi) is 5.06. The lowest BCUT2D eigenvalue weighted by Crippen LogP contribution is -2.05. The van der Waals surface area contributed by atoms with Crippen molar-refractivity contribution in [3.8, 4) is 5.75 Å². The molecule has 0 N–H and O–H groups in total. The van der Waals surface area contributed by atoms with Crippen LogP contribution in [0.3, 0.4) is 0 Å². The van der Waals surface area contributed by atoms with Crippen LogP contribution in [0.15, 0.2) is 53.0 Å². The fourth-order valence-electron chi connectivity index (χ4n) is 1.81. The number of halogens is 2. The molecule has 0 fully saturated rings. The summed E-state index contributed by atoms with van der Waals surface area (Å²) in [5, 5.41) is 0. The second-order valence-corrected chi connectivity index (χ2v) is 6.48. The highest BCUT2D eigenvalue weighted by Gasteiger charge is 2.10. The normalized spacial score (nSPS) is 12.5. The van der Waals surface area contributed by atoms with Gasteiger partial charge in [0.2, 0.25) is 0 Å². The van der Waals surface area contributed by atoms with E-state index in [1.54, 1.807) is 0 Å². The van der Waals surface area contributed by atoms with Gasteiger partial charge in [0.25, 0.3) is 0 Å². The van der Waals surface area contributed by atoms with Crippen molar-refractivity contribution in [1.82, 2.24) is 0 Å². The highest BCUT2D eigenvalue weighted by Crippen LogP contribution is 2.32. The van der Waals surface area contributed by atoms with Crippen LogP contribution < -0.4 is 4.74 Å². The van der Waals surface area contributed by atoms with Crippen LogP contribution in [0.1, 0.15) is 29.8 Å². The molecule has 2 rings (SSSR count). The summed E-state index contributed by atoms with van der Waals surface area (Å²) in [4.78, 5) is 0.202. The van der Waals surface area contributed by atoms with Crippen LogP contribution in [-0.2, 0) is 0 Å². The average molecular weight is 384 g/mol. The summed E-state index contributed by atoms with van der Waals surface area (Å²) in [6, 6.07) is 16.6. The molecule has 0 amide bonds. The number of hydrogen-bond acceptors (Lipinski definition) is 1. The molecule has 3 heteroatoms. The third-order valence-corrected chi connectivity index (χ3v) is 4.29. The van der Waals surface area contributed by atoms with Crippen LogP contribution in [0, 0.1) is 0 Å². The lowest BCUT2D eigenvalue weighted by Gasteiger charge is -2.13. The van der Waals surface area contributed by atoms with Crippen molar-refractivity contribution >= 4 is 31.9 Å². The number of hydrogen-bond donors (Lipinski definition) is 0. The fraction of sp³-hybridized carbons (Fsp3) is 0.250. The molecular weight excluding hydrogens is 368 g/mol. The van der Waals surface area contributed by atoms with Crippen LogP contribution in [0.4, 0.5) is 0 Å². The van der Waals surface area contributed by atoms with E-state index in [-0.39, 0.29) is 10.9 Å². The first kappa shape index (κ1) is 14.6. The minimum atomic E-state index is 0.202. The van der Waals surface area contributed by atoms with Crippen LogP contribution in [0.5, 0.6) is 5.75 Å². The molecule has 1 atom stereocenters. The first-order chi connectivity index (χ1) is 9.06. The van der Waals surface area contributed by atoms with Crippen LogP contribution in [-0.4, -0.2) is 6.10 Å². The molecule has 19 heavy (non-hydrogen) atoms. The zero-order valence-electron chi connectivity index (χ0n) is 10.9. The Balaban J connectivity index is 2.15. The predicted molar refractivity (Wildman–Crippen MR) is 87.1 cm³/mol. The van der Waals surface area contributed by atoms with E-state index in [1.807, 2.05) is 26.0 Å². The lowest BCUT2D eigenvalue weighted by molar-refractivity contribution is 0.242. The van der Waals surface area contributed by atoms with Gasteiger partial charge in [-0.05, 0) is 49.2 Å². The Morgan fingerprint density at radius 2 is 1.32 bits per heavy atom. The van der Waals surface area contributed by atoms with E-state index < -0.39 is 0 Å². The van der Waals surface area contributed by atoms with Gasteiger partial charge in [-0.15, -0.1) is 0 Å². The molecule has 1 unspecified atom stereocenters. The molecule has 0 heterocycles. The molecule has 0 aliphatic rings. The largest absolute Gasteiger partial charge is 0.491 e. The van der Waals surface area contributed by atoms with Gasteiger partial charge in [0.15, 0.2) is 0 Å². The Morgan fingerprint density at radius 3 is 1.79 bits per heavy atom. The van der Waals surface area contributed by atoms with Gasteiger partial charge in [-0.25, -0.2) is 0 Å². The Bertz CT molecular complexity index is 517. The summed E-state index contributed by atoms with van der Waals surface area (Å²) in [6.45, 7) is 4.06. The van der Waals surface area contributed by atoms with Gasteiger partial charge in [0.1, 0.15) is 5.75 Å². The van der Waals surface area contributed by atoms with E-state index in [1.165, 1.54) is 11.1 Å². The summed E-state index contributed by atoms with van der Waals surface area (Å²) < 4.78 is 6.74. The van der Waals surface area contributed by atoms with Gasteiger partial charge in [0, 0.05) is 4.47 Å². The SMILES string of the molecule is CC(C)Oc1ccc(C(Br)c2ccc(Br)cc2)cc1. The summed E-state index contributed by atoms with van der Waals surface area (Å²) >= 11 is 7.19. The first-order valence-corrected chi connectivity index (χ1v) is 7.93. The maximum atomic E-state index is 5.65. The number of ether oxygens (including phenoxy) is 1. The summed E-state index contributed by atoms with van der Waals surface area (Å²) in [7, 11) is 0. The molecule has 0 aliphatic carbocycles. The molecule has 0 saturated heterocycles. The summed E-state index contributed by atoms with van der Waals surface area (Å²) in [5.74, 6) is 0.911. The minimum absolute atomic E-state index is 0.202. The van der Waals surface area contributed by atoms with Crippen molar-refractivity contribution in [1.29, 1.82) is 0 Å². The first-order valence-electron chi connectivity index (χ1n) is 6.22. The van der Waals surface area contributed by atoms with Crippen molar-refractivity contribution in [2.24, 2.45) is 0 Å². The smallest absolute Gasteiger partial charge is 0.119 e. The van der Waals surface area contributed by atoms with Gasteiger partial charge >= 0.3 is 0 Å². The molecule has 0 bridgehead atoms. The van der Waals surface area contributed by atoms with E-state index in [9.17, 15) is 0 Å². The van der Waals surface area contributed by atoms with Gasteiger partial charge < -0.3 is 4.74 Å². The molecule has 1 nitrogen and oxygen atoms in total. The van der Waals surface area contributed by atoms with E-state index in [0.717, 1.165) is 10.2 Å². The van der Waals surface area contributed by atoms with Crippen molar-refractivity contribution in [2.45, 2.75) is 24.8 Å². The number of alkyl halides is 1. The van der Waals surface area contributed by atoms with Crippen LogP contribution in [0.25, 0.3) is 0 Å². The summed E-state index contributed by atoms with van der Waals surface area (Å²) in [5.41, 5.74) is 2.46. The third-order valence-electron chi connectivity index (χ3n) is 2.71. The fourth-order valence-corrected chi connectivity index (χ4v) is 2.69. The molecule has 0 radical (unpaired) electrons. The van der Waals surface area contributed by atoms with E-state index in [4.69, 9.17) is 4.74 Å². The van der Waals surface area contributed by atoms with Gasteiger partial charge in [-0.2, -0.15) is 0 Å². The van der Waals surface area contributed by atoms with Crippen molar-refractivity contribution < 1.29 is 4.74 Å². The van der Waals surface area contributed by atoms with Gasteiger partial charge in [0.05, 0.1) is 10.9 Å². The average Bonchev–Trinajstić information content (AvgIpc) is 2.39. The summed E-state index contributed by atoms with van der Waals surface area (Å²) in [6.07, 6.45) is 0.206. The van der Waals surface area contributed by atoms with E-state index in [0.29, 0.717) is 0 Å². The standard InChI is InChI=1S/C16H16Br2O/c1-11(2)19-15-9-5-13(6-10-15)16(18)12-3-7-14(17)8-4-12/h3-11,16H,1-2H3. The molecule has 0 saturated carbocycles. The monoisotopic (exact) mass is 382 g/mol. The predicted octanol–water partition coefficient (Wildman–Crippen LogP) is 5.72. The molecule has 0 aromatic heterocycles. The Morgan fingerprint density at radius 1 is 0.842 bits per heavy atom. The topological polar surface area (TPSA) is 9.23 Å². The van der Waals surface area contributed by atoms with E-state index in [2.05, 4.69) is 68.3 Å². The molecule has 100 valence electrons. The van der Waals surface area contributed by atoms with Gasteiger partial charge in [-0.3, -0.25) is 0 Å². The quantitative estimate of drug-likeness (QED) is 0.613. The molecule has 2 aromatic rings. The second kappa shape index (κ2) is 6.58. The second-order valence-electron chi connectivity index (χ2n) is 4.65. The van der Waals surface area contributed by atoms with Gasteiger partial charge in [-0.1, -0.05) is 56.1 Å². The van der Waals surface area contributed by atoms with E-state index >= 15 is 0 Å². The van der Waals surface area contributed by atoms with Crippen LogP contribution in [0.2, 0.25) is 0 Å². The highest BCUT2D eigenvalue weighted by molar-refractivity contribution is 9.10. The molecular formula is C16H16Br2O. The molecule has 0 spiro atoms. The van der Waals surface area contributed by atoms with Crippen molar-refractivity contribution in [3.63, 3.8) is 0 Å².